The molecule has 2 unspecified atom stereocenters. The van der Waals surface area contributed by atoms with E-state index in [2.05, 4.69) is 5.32 Å². The molecule has 1 heterocycles. The van der Waals surface area contributed by atoms with E-state index in [4.69, 9.17) is 14.2 Å². The normalized spacial score (nSPS) is 29.5. The molecule has 2 rings (SSSR count). The fraction of sp³-hybridized carbons (Fsp3) is 0.667. The van der Waals surface area contributed by atoms with Gasteiger partial charge in [-0.15, -0.1) is 0 Å². The smallest absolute Gasteiger partial charge is 0.197 e. The van der Waals surface area contributed by atoms with Crippen LogP contribution in [-0.4, -0.2) is 76.4 Å². The first-order valence-corrected chi connectivity index (χ1v) is 8.66. The average molecular weight is 371 g/mol. The largest absolute Gasteiger partial charge is 0.508 e. The van der Waals surface area contributed by atoms with Crippen LogP contribution in [0.25, 0.3) is 0 Å². The molecular formula is C18H29NO7. The number of phenols is 1. The molecule has 8 nitrogen and oxygen atoms in total. The molecule has 5 atom stereocenters. The number of hydrogen-bond donors (Lipinski definition) is 5. The molecule has 5 N–H and O–H groups in total. The maximum Gasteiger partial charge on any atom is 0.197 e. The summed E-state index contributed by atoms with van der Waals surface area (Å²) in [4.78, 5) is 0. The van der Waals surface area contributed by atoms with E-state index in [0.29, 0.717) is 18.9 Å². The zero-order valence-corrected chi connectivity index (χ0v) is 15.3. The van der Waals surface area contributed by atoms with Crippen molar-refractivity contribution >= 4 is 0 Å². The van der Waals surface area contributed by atoms with Crippen LogP contribution in [0.3, 0.4) is 0 Å². The molecule has 0 aliphatic carbocycles. The monoisotopic (exact) mass is 371 g/mol. The standard InChI is InChI=1S/C18H29NO7/c1-18(2,3)19-8-9-24-17-16(15(23)14(22)13(10-20)26-17)25-12-6-4-11(21)5-7-12/h4-7,13-17,19-23H,8-10H2,1-3H3/t13?,14-,15?,16+,17+/m1/s1. The Bertz CT molecular complexity index is 545. The molecule has 1 aliphatic heterocycles. The quantitative estimate of drug-likeness (QED) is 0.424. The SMILES string of the molecule is CC(C)(C)NCCO[C@H]1OC(CO)[C@@H](O)C(O)[C@@H]1Oc1ccc(O)cc1. The number of ether oxygens (including phenoxy) is 3. The second-order valence-corrected chi connectivity index (χ2v) is 7.33. The zero-order valence-electron chi connectivity index (χ0n) is 15.3. The second-order valence-electron chi connectivity index (χ2n) is 7.33. The topological polar surface area (TPSA) is 121 Å². The molecule has 0 radical (unpaired) electrons. The molecule has 1 fully saturated rings. The highest BCUT2D eigenvalue weighted by Gasteiger charge is 2.46. The Balaban J connectivity index is 2.04. The third-order valence-corrected chi connectivity index (χ3v) is 3.97. The summed E-state index contributed by atoms with van der Waals surface area (Å²) in [6.07, 6.45) is -5.55. The first-order valence-electron chi connectivity index (χ1n) is 8.66. The predicted molar refractivity (Wildman–Crippen MR) is 94.0 cm³/mol. The van der Waals surface area contributed by atoms with Crippen molar-refractivity contribution in [3.63, 3.8) is 0 Å². The summed E-state index contributed by atoms with van der Waals surface area (Å²) in [6, 6.07) is 5.96. The lowest BCUT2D eigenvalue weighted by atomic mass is 9.99. The van der Waals surface area contributed by atoms with Gasteiger partial charge in [-0.25, -0.2) is 0 Å². The highest BCUT2D eigenvalue weighted by Crippen LogP contribution is 2.27. The Labute approximate surface area is 153 Å². The molecule has 148 valence electrons. The molecule has 0 amide bonds. The Kier molecular flexibility index (Phi) is 7.22. The van der Waals surface area contributed by atoms with Gasteiger partial charge in [0.05, 0.1) is 13.2 Å². The van der Waals surface area contributed by atoms with Crippen molar-refractivity contribution in [1.82, 2.24) is 5.32 Å². The summed E-state index contributed by atoms with van der Waals surface area (Å²) in [5.74, 6) is 0.464. The van der Waals surface area contributed by atoms with Crippen LogP contribution in [-0.2, 0) is 9.47 Å². The van der Waals surface area contributed by atoms with E-state index in [0.717, 1.165) is 0 Å². The van der Waals surface area contributed by atoms with Crippen LogP contribution in [0.4, 0.5) is 0 Å². The van der Waals surface area contributed by atoms with Crippen LogP contribution < -0.4 is 10.1 Å². The Hall–Kier alpha value is -1.42. The van der Waals surface area contributed by atoms with Crippen molar-refractivity contribution < 1.29 is 34.6 Å². The minimum absolute atomic E-state index is 0.0674. The van der Waals surface area contributed by atoms with Crippen LogP contribution in [0.15, 0.2) is 24.3 Å². The van der Waals surface area contributed by atoms with E-state index >= 15 is 0 Å². The number of benzene rings is 1. The predicted octanol–water partition coefficient (Wildman–Crippen LogP) is -0.0167. The summed E-state index contributed by atoms with van der Waals surface area (Å²) in [5, 5.41) is 42.5. The Morgan fingerprint density at radius 2 is 1.77 bits per heavy atom. The van der Waals surface area contributed by atoms with Crippen molar-refractivity contribution in [2.75, 3.05) is 19.8 Å². The number of hydrogen-bond acceptors (Lipinski definition) is 8. The van der Waals surface area contributed by atoms with Gasteiger partial charge in [0.25, 0.3) is 0 Å². The van der Waals surface area contributed by atoms with Gasteiger partial charge in [-0.2, -0.15) is 0 Å². The van der Waals surface area contributed by atoms with E-state index in [1.165, 1.54) is 24.3 Å². The van der Waals surface area contributed by atoms with Crippen molar-refractivity contribution in [3.05, 3.63) is 24.3 Å². The van der Waals surface area contributed by atoms with Gasteiger partial charge in [-0.05, 0) is 45.0 Å². The Morgan fingerprint density at radius 1 is 1.12 bits per heavy atom. The molecule has 1 aromatic carbocycles. The average Bonchev–Trinajstić information content (AvgIpc) is 2.58. The minimum Gasteiger partial charge on any atom is -0.508 e. The molecule has 0 aromatic heterocycles. The fourth-order valence-corrected chi connectivity index (χ4v) is 2.60. The van der Waals surface area contributed by atoms with E-state index < -0.39 is 37.3 Å². The molecule has 0 spiro atoms. The minimum atomic E-state index is -1.31. The highest BCUT2D eigenvalue weighted by molar-refractivity contribution is 5.30. The molecule has 0 saturated carbocycles. The van der Waals surface area contributed by atoms with Crippen LogP contribution in [0, 0.1) is 0 Å². The molecule has 1 saturated heterocycles. The molecule has 1 aliphatic rings. The molecule has 1 aromatic rings. The first-order chi connectivity index (χ1) is 12.2. The lowest BCUT2D eigenvalue weighted by molar-refractivity contribution is -0.295. The highest BCUT2D eigenvalue weighted by atomic mass is 16.7. The van der Waals surface area contributed by atoms with Crippen molar-refractivity contribution in [1.29, 1.82) is 0 Å². The summed E-state index contributed by atoms with van der Waals surface area (Å²) in [7, 11) is 0. The molecule has 8 heteroatoms. The molecular weight excluding hydrogens is 342 g/mol. The maximum absolute atomic E-state index is 10.4. The van der Waals surface area contributed by atoms with Crippen LogP contribution in [0.2, 0.25) is 0 Å². The van der Waals surface area contributed by atoms with E-state index in [1.54, 1.807) is 0 Å². The van der Waals surface area contributed by atoms with Gasteiger partial charge in [0.2, 0.25) is 0 Å². The third kappa shape index (κ3) is 5.80. The zero-order chi connectivity index (χ0) is 19.3. The number of aliphatic hydroxyl groups is 3. The van der Waals surface area contributed by atoms with Crippen molar-refractivity contribution in [2.24, 2.45) is 0 Å². The first kappa shape index (κ1) is 20.9. The van der Waals surface area contributed by atoms with Gasteiger partial charge < -0.3 is 40.0 Å². The molecule has 26 heavy (non-hydrogen) atoms. The van der Waals surface area contributed by atoms with Gasteiger partial charge in [0, 0.05) is 12.1 Å². The summed E-state index contributed by atoms with van der Waals surface area (Å²) < 4.78 is 17.0. The number of rotatable bonds is 7. The van der Waals surface area contributed by atoms with E-state index in [9.17, 15) is 20.4 Å². The maximum atomic E-state index is 10.4. The lowest BCUT2D eigenvalue weighted by Crippen LogP contribution is -2.61. The van der Waals surface area contributed by atoms with Gasteiger partial charge in [-0.1, -0.05) is 0 Å². The van der Waals surface area contributed by atoms with Crippen LogP contribution >= 0.6 is 0 Å². The van der Waals surface area contributed by atoms with E-state index in [-0.39, 0.29) is 11.3 Å². The van der Waals surface area contributed by atoms with Crippen LogP contribution in [0.1, 0.15) is 20.8 Å². The van der Waals surface area contributed by atoms with Crippen LogP contribution in [0.5, 0.6) is 11.5 Å². The Morgan fingerprint density at radius 3 is 2.35 bits per heavy atom. The lowest BCUT2D eigenvalue weighted by Gasteiger charge is -2.41. The van der Waals surface area contributed by atoms with E-state index in [1.807, 2.05) is 20.8 Å². The number of aliphatic hydroxyl groups excluding tert-OH is 3. The van der Waals surface area contributed by atoms with Crippen molar-refractivity contribution in [3.8, 4) is 11.5 Å². The summed E-state index contributed by atoms with van der Waals surface area (Å²) in [6.45, 7) is 6.48. The van der Waals surface area contributed by atoms with Gasteiger partial charge >= 0.3 is 0 Å². The number of nitrogens with one attached hydrogen (secondary N) is 1. The second kappa shape index (κ2) is 8.98. The third-order valence-electron chi connectivity index (χ3n) is 3.97. The summed E-state index contributed by atoms with van der Waals surface area (Å²) >= 11 is 0. The van der Waals surface area contributed by atoms with Gasteiger partial charge in [0.15, 0.2) is 12.4 Å². The number of aromatic hydroxyl groups is 1. The van der Waals surface area contributed by atoms with Crippen molar-refractivity contribution in [2.45, 2.75) is 57.0 Å². The fourth-order valence-electron chi connectivity index (χ4n) is 2.60. The number of phenolic OH excluding ortho intramolecular Hbond substituents is 1. The van der Waals surface area contributed by atoms with Gasteiger partial charge in [0.1, 0.15) is 29.8 Å². The summed E-state index contributed by atoms with van der Waals surface area (Å²) in [5.41, 5.74) is -0.0674. The van der Waals surface area contributed by atoms with Gasteiger partial charge in [-0.3, -0.25) is 0 Å². The molecule has 0 bridgehead atoms.